The largest absolute Gasteiger partial charge is 0.341 e. The van der Waals surface area contributed by atoms with Crippen molar-refractivity contribution in [1.82, 2.24) is 15.0 Å². The maximum Gasteiger partial charge on any atom is 0.227 e. The summed E-state index contributed by atoms with van der Waals surface area (Å²) >= 11 is 1.56. The van der Waals surface area contributed by atoms with E-state index in [9.17, 15) is 9.18 Å². The van der Waals surface area contributed by atoms with Gasteiger partial charge in [-0.1, -0.05) is 17.3 Å². The van der Waals surface area contributed by atoms with Crippen molar-refractivity contribution >= 4 is 17.2 Å². The summed E-state index contributed by atoms with van der Waals surface area (Å²) < 4.78 is 18.1. The van der Waals surface area contributed by atoms with Crippen LogP contribution in [0, 0.1) is 5.82 Å². The average molecular weight is 345 g/mol. The van der Waals surface area contributed by atoms with Crippen molar-refractivity contribution in [1.29, 1.82) is 0 Å². The number of aryl methyl sites for hydroxylation is 1. The zero-order valence-electron chi connectivity index (χ0n) is 13.1. The van der Waals surface area contributed by atoms with Gasteiger partial charge in [0.2, 0.25) is 17.6 Å². The molecule has 0 saturated carbocycles. The van der Waals surface area contributed by atoms with E-state index in [1.54, 1.807) is 35.4 Å². The van der Waals surface area contributed by atoms with Gasteiger partial charge in [0, 0.05) is 37.4 Å². The topological polar surface area (TPSA) is 59.2 Å². The van der Waals surface area contributed by atoms with Crippen LogP contribution < -0.4 is 0 Å². The van der Waals surface area contributed by atoms with Gasteiger partial charge in [0.25, 0.3) is 0 Å². The van der Waals surface area contributed by atoms with Gasteiger partial charge in [0.15, 0.2) is 0 Å². The summed E-state index contributed by atoms with van der Waals surface area (Å²) in [7, 11) is 1.72. The minimum absolute atomic E-state index is 0.0328. The molecule has 0 N–H and O–H groups in total. The molecule has 0 aliphatic heterocycles. The number of thiophene rings is 1. The Kier molecular flexibility index (Phi) is 5.00. The first kappa shape index (κ1) is 16.3. The number of rotatable bonds is 6. The second kappa shape index (κ2) is 7.35. The van der Waals surface area contributed by atoms with Gasteiger partial charge in [-0.05, 0) is 29.1 Å². The van der Waals surface area contributed by atoms with Crippen LogP contribution in [-0.4, -0.2) is 28.0 Å². The fourth-order valence-electron chi connectivity index (χ4n) is 2.22. The highest BCUT2D eigenvalue weighted by atomic mass is 32.1. The molecule has 124 valence electrons. The minimum atomic E-state index is -0.287. The molecule has 7 heteroatoms. The molecule has 0 aliphatic rings. The van der Waals surface area contributed by atoms with Crippen molar-refractivity contribution in [3.63, 3.8) is 0 Å². The van der Waals surface area contributed by atoms with Gasteiger partial charge >= 0.3 is 0 Å². The highest BCUT2D eigenvalue weighted by molar-refractivity contribution is 7.08. The standard InChI is InChI=1S/C17H16FN3O2S/c1-21(10-12-2-4-14(18)5-3-12)16(22)7-6-15-19-17(20-23-15)13-8-9-24-11-13/h2-5,8-9,11H,6-7,10H2,1H3. The van der Waals surface area contributed by atoms with Gasteiger partial charge in [-0.25, -0.2) is 4.39 Å². The third kappa shape index (κ3) is 4.05. The van der Waals surface area contributed by atoms with Crippen LogP contribution in [0.25, 0.3) is 11.4 Å². The van der Waals surface area contributed by atoms with E-state index in [1.165, 1.54) is 12.1 Å². The van der Waals surface area contributed by atoms with E-state index < -0.39 is 0 Å². The molecule has 0 saturated heterocycles. The first-order valence-electron chi connectivity index (χ1n) is 7.45. The highest BCUT2D eigenvalue weighted by Crippen LogP contribution is 2.19. The van der Waals surface area contributed by atoms with Gasteiger partial charge in [-0.15, -0.1) is 0 Å². The summed E-state index contributed by atoms with van der Waals surface area (Å²) in [6.45, 7) is 0.434. The highest BCUT2D eigenvalue weighted by Gasteiger charge is 2.13. The van der Waals surface area contributed by atoms with Crippen molar-refractivity contribution in [3.05, 3.63) is 58.4 Å². The van der Waals surface area contributed by atoms with Crippen molar-refractivity contribution in [2.75, 3.05) is 7.05 Å². The van der Waals surface area contributed by atoms with Crippen molar-refractivity contribution < 1.29 is 13.7 Å². The lowest BCUT2D eigenvalue weighted by Crippen LogP contribution is -2.26. The quantitative estimate of drug-likeness (QED) is 0.686. The molecule has 3 aromatic rings. The predicted molar refractivity (Wildman–Crippen MR) is 88.8 cm³/mol. The van der Waals surface area contributed by atoms with Crippen LogP contribution in [0.5, 0.6) is 0 Å². The van der Waals surface area contributed by atoms with Crippen LogP contribution in [0.4, 0.5) is 4.39 Å². The molecule has 0 fully saturated rings. The molecule has 0 aliphatic carbocycles. The number of nitrogens with zero attached hydrogens (tertiary/aromatic N) is 3. The molecular weight excluding hydrogens is 329 g/mol. The number of benzene rings is 1. The predicted octanol–water partition coefficient (Wildman–Crippen LogP) is 3.53. The van der Waals surface area contributed by atoms with E-state index in [4.69, 9.17) is 4.52 Å². The summed E-state index contributed by atoms with van der Waals surface area (Å²) in [5, 5.41) is 7.80. The number of aromatic nitrogens is 2. The molecule has 0 spiro atoms. The molecule has 0 unspecified atom stereocenters. The summed E-state index contributed by atoms with van der Waals surface area (Å²) in [6, 6.07) is 8.03. The number of amides is 1. The molecule has 5 nitrogen and oxygen atoms in total. The van der Waals surface area contributed by atoms with Crippen molar-refractivity contribution in [3.8, 4) is 11.4 Å². The maximum atomic E-state index is 12.9. The molecule has 0 bridgehead atoms. The van der Waals surface area contributed by atoms with E-state index >= 15 is 0 Å². The van der Waals surface area contributed by atoms with E-state index in [0.29, 0.717) is 24.7 Å². The van der Waals surface area contributed by atoms with Gasteiger partial charge in [-0.3, -0.25) is 4.79 Å². The van der Waals surface area contributed by atoms with E-state index in [2.05, 4.69) is 10.1 Å². The van der Waals surface area contributed by atoms with Crippen LogP contribution in [-0.2, 0) is 17.8 Å². The molecule has 0 radical (unpaired) electrons. The Bertz CT molecular complexity index is 800. The Hall–Kier alpha value is -2.54. The van der Waals surface area contributed by atoms with Crippen molar-refractivity contribution in [2.45, 2.75) is 19.4 Å². The molecular formula is C17H16FN3O2S. The molecule has 24 heavy (non-hydrogen) atoms. The first-order valence-corrected chi connectivity index (χ1v) is 8.39. The van der Waals surface area contributed by atoms with Crippen LogP contribution >= 0.6 is 11.3 Å². The molecule has 3 rings (SSSR count). The number of halogens is 1. The Morgan fingerprint density at radius 3 is 2.79 bits per heavy atom. The lowest BCUT2D eigenvalue weighted by atomic mass is 10.2. The Morgan fingerprint density at radius 1 is 1.29 bits per heavy atom. The number of hydrogen-bond donors (Lipinski definition) is 0. The smallest absolute Gasteiger partial charge is 0.227 e. The number of hydrogen-bond acceptors (Lipinski definition) is 5. The summed E-state index contributed by atoms with van der Waals surface area (Å²) in [5.74, 6) is 0.665. The molecule has 2 heterocycles. The lowest BCUT2D eigenvalue weighted by Gasteiger charge is -2.16. The average Bonchev–Trinajstić information content (AvgIpc) is 3.25. The van der Waals surface area contributed by atoms with Gasteiger partial charge < -0.3 is 9.42 Å². The molecule has 1 aromatic carbocycles. The zero-order chi connectivity index (χ0) is 16.9. The van der Waals surface area contributed by atoms with Crippen LogP contribution in [0.3, 0.4) is 0 Å². The van der Waals surface area contributed by atoms with Crippen LogP contribution in [0.1, 0.15) is 17.9 Å². The molecule has 2 aromatic heterocycles. The summed E-state index contributed by atoms with van der Waals surface area (Å²) in [4.78, 5) is 18.1. The second-order valence-corrected chi connectivity index (χ2v) is 6.18. The number of carbonyl (C=O) groups excluding carboxylic acids is 1. The van der Waals surface area contributed by atoms with Gasteiger partial charge in [0.1, 0.15) is 5.82 Å². The van der Waals surface area contributed by atoms with Crippen molar-refractivity contribution in [2.24, 2.45) is 0 Å². The molecule has 0 atom stereocenters. The lowest BCUT2D eigenvalue weighted by molar-refractivity contribution is -0.130. The second-order valence-electron chi connectivity index (χ2n) is 5.40. The first-order chi connectivity index (χ1) is 11.6. The van der Waals surface area contributed by atoms with Gasteiger partial charge in [0.05, 0.1) is 0 Å². The zero-order valence-corrected chi connectivity index (χ0v) is 13.9. The third-order valence-corrected chi connectivity index (χ3v) is 4.24. The fourth-order valence-corrected chi connectivity index (χ4v) is 2.86. The normalized spacial score (nSPS) is 10.8. The van der Waals surface area contributed by atoms with E-state index in [1.807, 2.05) is 16.8 Å². The third-order valence-electron chi connectivity index (χ3n) is 3.56. The van der Waals surface area contributed by atoms with E-state index in [0.717, 1.165) is 11.1 Å². The monoisotopic (exact) mass is 345 g/mol. The minimum Gasteiger partial charge on any atom is -0.341 e. The van der Waals surface area contributed by atoms with E-state index in [-0.39, 0.29) is 18.1 Å². The van der Waals surface area contributed by atoms with Gasteiger partial charge in [-0.2, -0.15) is 16.3 Å². The Labute approximate surface area is 142 Å². The Balaban J connectivity index is 1.52. The Morgan fingerprint density at radius 2 is 2.08 bits per heavy atom. The number of carbonyl (C=O) groups is 1. The maximum absolute atomic E-state index is 12.9. The summed E-state index contributed by atoms with van der Waals surface area (Å²) in [5.41, 5.74) is 1.79. The molecule has 1 amide bonds. The fraction of sp³-hybridized carbons (Fsp3) is 0.235. The summed E-state index contributed by atoms with van der Waals surface area (Å²) in [6.07, 6.45) is 0.673. The SMILES string of the molecule is CN(Cc1ccc(F)cc1)C(=O)CCc1nc(-c2ccsc2)no1. The van der Waals surface area contributed by atoms with Crippen LogP contribution in [0.2, 0.25) is 0 Å². The van der Waals surface area contributed by atoms with Crippen LogP contribution in [0.15, 0.2) is 45.6 Å².